The lowest BCUT2D eigenvalue weighted by molar-refractivity contribution is -0.119. The van der Waals surface area contributed by atoms with Crippen molar-refractivity contribution in [1.29, 1.82) is 0 Å². The molecule has 0 N–H and O–H groups in total. The van der Waals surface area contributed by atoms with E-state index in [0.717, 1.165) is 18.4 Å². The maximum absolute atomic E-state index is 13.3. The first-order chi connectivity index (χ1) is 15.4. The summed E-state index contributed by atoms with van der Waals surface area (Å²) in [6.07, 6.45) is 2.92. The first-order valence-electron chi connectivity index (χ1n) is 10.6. The molecule has 0 bridgehead atoms. The van der Waals surface area contributed by atoms with Crippen LogP contribution in [0.5, 0.6) is 0 Å². The molecule has 0 radical (unpaired) electrons. The highest BCUT2D eigenvalue weighted by atomic mass is 32.2. The van der Waals surface area contributed by atoms with Crippen molar-refractivity contribution < 1.29 is 13.2 Å². The first-order valence-corrected chi connectivity index (χ1v) is 12.0. The molecule has 1 aliphatic heterocycles. The second-order valence-electron chi connectivity index (χ2n) is 7.74. The van der Waals surface area contributed by atoms with Crippen LogP contribution < -0.4 is 10.5 Å². The van der Waals surface area contributed by atoms with Crippen molar-refractivity contribution in [3.8, 4) is 0 Å². The van der Waals surface area contributed by atoms with Crippen LogP contribution in [0.4, 0.5) is 5.69 Å². The van der Waals surface area contributed by atoms with Crippen molar-refractivity contribution in [2.45, 2.75) is 30.8 Å². The van der Waals surface area contributed by atoms with Gasteiger partial charge in [0.25, 0.3) is 5.56 Å². The summed E-state index contributed by atoms with van der Waals surface area (Å²) in [5, 5.41) is 0. The van der Waals surface area contributed by atoms with E-state index in [4.69, 9.17) is 0 Å². The van der Waals surface area contributed by atoms with Crippen molar-refractivity contribution in [2.24, 2.45) is 0 Å². The third-order valence-electron chi connectivity index (χ3n) is 5.52. The minimum atomic E-state index is -3.69. The Morgan fingerprint density at radius 3 is 2.16 bits per heavy atom. The molecule has 0 atom stereocenters. The number of hydrogen-bond donors (Lipinski definition) is 0. The molecule has 0 aliphatic carbocycles. The third-order valence-corrected chi connectivity index (χ3v) is 7.40. The third kappa shape index (κ3) is 4.81. The van der Waals surface area contributed by atoms with Gasteiger partial charge in [0.15, 0.2) is 0 Å². The Bertz CT molecular complexity index is 1230. The summed E-state index contributed by atoms with van der Waals surface area (Å²) < 4.78 is 28.4. The van der Waals surface area contributed by atoms with Crippen LogP contribution in [-0.2, 0) is 27.9 Å². The number of amides is 1. The Labute approximate surface area is 187 Å². The standard InChI is InChI=1S/C24H25N3O4S/c28-23-14-13-22(32(30,31)26-15-7-8-16-26)18-25(23)19-24(29)27(21-11-5-2-6-12-21)17-20-9-3-1-4-10-20/h1-6,9-14,18H,7-8,15-17,19H2. The van der Waals surface area contributed by atoms with E-state index in [-0.39, 0.29) is 17.3 Å². The molecule has 1 fully saturated rings. The molecule has 3 aromatic rings. The number of hydrogen-bond acceptors (Lipinski definition) is 4. The molecule has 1 amide bonds. The molecule has 7 nitrogen and oxygen atoms in total. The Balaban J connectivity index is 1.62. The molecule has 2 heterocycles. The molecule has 1 aromatic heterocycles. The van der Waals surface area contributed by atoms with Gasteiger partial charge in [-0.1, -0.05) is 48.5 Å². The molecule has 1 saturated heterocycles. The molecule has 0 spiro atoms. The molecule has 32 heavy (non-hydrogen) atoms. The predicted octanol–water partition coefficient (Wildman–Crippen LogP) is 2.87. The van der Waals surface area contributed by atoms with Crippen molar-refractivity contribution in [3.05, 3.63) is 94.9 Å². The quantitative estimate of drug-likeness (QED) is 0.553. The lowest BCUT2D eigenvalue weighted by atomic mass is 10.2. The molecule has 0 saturated carbocycles. The zero-order valence-corrected chi connectivity index (χ0v) is 18.4. The highest BCUT2D eigenvalue weighted by molar-refractivity contribution is 7.89. The number of sulfonamides is 1. The Morgan fingerprint density at radius 2 is 1.50 bits per heavy atom. The number of aromatic nitrogens is 1. The van der Waals surface area contributed by atoms with Crippen LogP contribution in [0.3, 0.4) is 0 Å². The number of pyridine rings is 1. The van der Waals surface area contributed by atoms with Gasteiger partial charge < -0.3 is 9.47 Å². The number of carbonyl (C=O) groups excluding carboxylic acids is 1. The van der Waals surface area contributed by atoms with Crippen molar-refractivity contribution in [1.82, 2.24) is 8.87 Å². The Morgan fingerprint density at radius 1 is 0.875 bits per heavy atom. The number of carbonyl (C=O) groups is 1. The predicted molar refractivity (Wildman–Crippen MR) is 123 cm³/mol. The highest BCUT2D eigenvalue weighted by Gasteiger charge is 2.28. The van der Waals surface area contributed by atoms with Gasteiger partial charge in [-0.2, -0.15) is 4.31 Å². The van der Waals surface area contributed by atoms with E-state index < -0.39 is 15.6 Å². The van der Waals surface area contributed by atoms with Crippen LogP contribution in [0.1, 0.15) is 18.4 Å². The van der Waals surface area contributed by atoms with E-state index in [0.29, 0.717) is 25.3 Å². The smallest absolute Gasteiger partial charge is 0.251 e. The number of rotatable bonds is 7. The number of nitrogens with zero attached hydrogens (tertiary/aromatic N) is 3. The highest BCUT2D eigenvalue weighted by Crippen LogP contribution is 2.21. The number of anilines is 1. The molecular weight excluding hydrogens is 426 g/mol. The molecular formula is C24H25N3O4S. The Kier molecular flexibility index (Phi) is 6.53. The molecule has 8 heteroatoms. The average Bonchev–Trinajstić information content (AvgIpc) is 3.36. The molecule has 166 valence electrons. The van der Waals surface area contributed by atoms with E-state index in [1.807, 2.05) is 60.7 Å². The van der Waals surface area contributed by atoms with Gasteiger partial charge in [0.2, 0.25) is 15.9 Å². The van der Waals surface area contributed by atoms with Crippen LogP contribution in [0.2, 0.25) is 0 Å². The zero-order valence-electron chi connectivity index (χ0n) is 17.6. The maximum Gasteiger partial charge on any atom is 0.251 e. The van der Waals surface area contributed by atoms with E-state index in [2.05, 4.69) is 0 Å². The molecule has 4 rings (SSSR count). The minimum Gasteiger partial charge on any atom is -0.306 e. The van der Waals surface area contributed by atoms with Crippen LogP contribution in [0.25, 0.3) is 0 Å². The van der Waals surface area contributed by atoms with E-state index >= 15 is 0 Å². The first kappa shape index (κ1) is 22.0. The van der Waals surface area contributed by atoms with Crippen molar-refractivity contribution >= 4 is 21.6 Å². The van der Waals surface area contributed by atoms with Crippen LogP contribution in [-0.4, -0.2) is 36.3 Å². The van der Waals surface area contributed by atoms with E-state index in [9.17, 15) is 18.0 Å². The average molecular weight is 452 g/mol. The van der Waals surface area contributed by atoms with Gasteiger partial charge in [0.1, 0.15) is 6.54 Å². The molecule has 0 unspecified atom stereocenters. The monoisotopic (exact) mass is 451 g/mol. The van der Waals surface area contributed by atoms with Crippen molar-refractivity contribution in [2.75, 3.05) is 18.0 Å². The lowest BCUT2D eigenvalue weighted by Gasteiger charge is -2.24. The van der Waals surface area contributed by atoms with Gasteiger partial charge in [-0.25, -0.2) is 8.42 Å². The van der Waals surface area contributed by atoms with Crippen LogP contribution >= 0.6 is 0 Å². The molecule has 2 aromatic carbocycles. The largest absolute Gasteiger partial charge is 0.306 e. The summed E-state index contributed by atoms with van der Waals surface area (Å²) in [5.74, 6) is -0.308. The fourth-order valence-electron chi connectivity index (χ4n) is 3.79. The van der Waals surface area contributed by atoms with Gasteiger partial charge in [0, 0.05) is 31.0 Å². The second-order valence-corrected chi connectivity index (χ2v) is 9.68. The van der Waals surface area contributed by atoms with Gasteiger partial charge in [0.05, 0.1) is 11.4 Å². The summed E-state index contributed by atoms with van der Waals surface area (Å²) >= 11 is 0. The summed E-state index contributed by atoms with van der Waals surface area (Å²) in [6.45, 7) is 1.02. The Hall–Kier alpha value is -3.23. The van der Waals surface area contributed by atoms with E-state index in [1.165, 1.54) is 27.2 Å². The van der Waals surface area contributed by atoms with Gasteiger partial charge in [-0.3, -0.25) is 9.59 Å². The number of benzene rings is 2. The normalized spacial score (nSPS) is 14.4. The molecule has 1 aliphatic rings. The van der Waals surface area contributed by atoms with Gasteiger partial charge >= 0.3 is 0 Å². The summed E-state index contributed by atoms with van der Waals surface area (Å²) in [6, 6.07) is 21.3. The fraction of sp³-hybridized carbons (Fsp3) is 0.250. The second kappa shape index (κ2) is 9.50. The summed E-state index contributed by atoms with van der Waals surface area (Å²) in [4.78, 5) is 27.4. The summed E-state index contributed by atoms with van der Waals surface area (Å²) in [5.41, 5.74) is 1.23. The van der Waals surface area contributed by atoms with Gasteiger partial charge in [-0.05, 0) is 36.6 Å². The topological polar surface area (TPSA) is 79.7 Å². The van der Waals surface area contributed by atoms with Crippen LogP contribution in [0.15, 0.2) is 88.7 Å². The SMILES string of the molecule is O=C(Cn1cc(S(=O)(=O)N2CCCC2)ccc1=O)N(Cc1ccccc1)c1ccccc1. The summed E-state index contributed by atoms with van der Waals surface area (Å²) in [7, 11) is -3.69. The number of para-hydroxylation sites is 1. The van der Waals surface area contributed by atoms with Crippen LogP contribution in [0, 0.1) is 0 Å². The minimum absolute atomic E-state index is 0.0288. The zero-order chi connectivity index (χ0) is 22.6. The fourth-order valence-corrected chi connectivity index (χ4v) is 5.33. The van der Waals surface area contributed by atoms with E-state index in [1.54, 1.807) is 4.90 Å². The lowest BCUT2D eigenvalue weighted by Crippen LogP contribution is -2.36. The maximum atomic E-state index is 13.3. The van der Waals surface area contributed by atoms with Gasteiger partial charge in [-0.15, -0.1) is 0 Å². The van der Waals surface area contributed by atoms with Crippen molar-refractivity contribution in [3.63, 3.8) is 0 Å².